The van der Waals surface area contributed by atoms with Crippen LogP contribution < -0.4 is 0 Å². The van der Waals surface area contributed by atoms with E-state index in [0.29, 0.717) is 17.7 Å². The van der Waals surface area contributed by atoms with Crippen molar-refractivity contribution in [3.63, 3.8) is 0 Å². The normalized spacial score (nSPS) is 12.7. The predicted octanol–water partition coefficient (Wildman–Crippen LogP) is 2.32. The van der Waals surface area contributed by atoms with E-state index in [2.05, 4.69) is 0 Å². The summed E-state index contributed by atoms with van der Waals surface area (Å²) in [6, 6.07) is 6.95. The summed E-state index contributed by atoms with van der Waals surface area (Å²) < 4.78 is 24.0. The Balaban J connectivity index is 3.10. The molecule has 0 aliphatic carbocycles. The van der Waals surface area contributed by atoms with Gasteiger partial charge in [-0.2, -0.15) is 0 Å². The zero-order valence-corrected chi connectivity index (χ0v) is 11.4. The van der Waals surface area contributed by atoms with Crippen LogP contribution in [0.4, 0.5) is 0 Å². The molecular weight excluding hydrogens is 236 g/mol. The fourth-order valence-corrected chi connectivity index (χ4v) is 3.39. The number of aliphatic hydroxyl groups is 1. The van der Waals surface area contributed by atoms with E-state index in [-0.39, 0.29) is 6.61 Å². The van der Waals surface area contributed by atoms with Crippen LogP contribution >= 0.6 is 0 Å². The standard InChI is InChI=1S/C13H20O3S/c1-11-6-4-7-12(10-11)17(15,16)13(2,3)8-5-9-14/h4,6-7,10,14H,5,8-9H2,1-3H3. The van der Waals surface area contributed by atoms with Crippen molar-refractivity contribution in [1.29, 1.82) is 0 Å². The van der Waals surface area contributed by atoms with Crippen LogP contribution in [0.5, 0.6) is 0 Å². The quantitative estimate of drug-likeness (QED) is 0.879. The Kier molecular flexibility index (Phi) is 4.33. The van der Waals surface area contributed by atoms with Crippen LogP contribution in [0.3, 0.4) is 0 Å². The first kappa shape index (κ1) is 14.2. The molecule has 0 aliphatic rings. The zero-order valence-electron chi connectivity index (χ0n) is 10.6. The molecule has 0 aromatic heterocycles. The van der Waals surface area contributed by atoms with Crippen LogP contribution in [0.25, 0.3) is 0 Å². The van der Waals surface area contributed by atoms with Crippen LogP contribution in [-0.4, -0.2) is 24.9 Å². The maximum Gasteiger partial charge on any atom is 0.183 e. The summed E-state index contributed by atoms with van der Waals surface area (Å²) in [6.45, 7) is 5.31. The van der Waals surface area contributed by atoms with E-state index in [1.807, 2.05) is 13.0 Å². The second-order valence-corrected chi connectivity index (χ2v) is 7.49. The number of hydrogen-bond acceptors (Lipinski definition) is 3. The molecule has 96 valence electrons. The van der Waals surface area contributed by atoms with Crippen molar-refractivity contribution in [1.82, 2.24) is 0 Å². The van der Waals surface area contributed by atoms with Gasteiger partial charge in [-0.1, -0.05) is 12.1 Å². The minimum absolute atomic E-state index is 0.0206. The summed E-state index contributed by atoms with van der Waals surface area (Å²) in [4.78, 5) is 0.362. The maximum absolute atomic E-state index is 12.4. The van der Waals surface area contributed by atoms with Gasteiger partial charge in [0, 0.05) is 6.61 Å². The van der Waals surface area contributed by atoms with E-state index in [1.165, 1.54) is 0 Å². The van der Waals surface area contributed by atoms with E-state index < -0.39 is 14.6 Å². The third kappa shape index (κ3) is 3.07. The lowest BCUT2D eigenvalue weighted by molar-refractivity contribution is 0.278. The molecule has 4 heteroatoms. The fourth-order valence-electron chi connectivity index (χ4n) is 1.74. The highest BCUT2D eigenvalue weighted by Gasteiger charge is 2.34. The first-order valence-corrected chi connectivity index (χ1v) is 7.22. The number of aliphatic hydroxyl groups excluding tert-OH is 1. The molecular formula is C13H20O3S. The Morgan fingerprint density at radius 1 is 1.29 bits per heavy atom. The first-order valence-electron chi connectivity index (χ1n) is 5.73. The molecule has 0 spiro atoms. The largest absolute Gasteiger partial charge is 0.396 e. The molecule has 1 aromatic carbocycles. The van der Waals surface area contributed by atoms with Gasteiger partial charge in [-0.05, 0) is 51.3 Å². The zero-order chi connectivity index (χ0) is 13.1. The summed E-state index contributed by atoms with van der Waals surface area (Å²) in [5, 5.41) is 8.82. The fraction of sp³-hybridized carbons (Fsp3) is 0.538. The van der Waals surface area contributed by atoms with Gasteiger partial charge in [0.2, 0.25) is 0 Å². The molecule has 3 nitrogen and oxygen atoms in total. The lowest BCUT2D eigenvalue weighted by Crippen LogP contribution is -2.32. The van der Waals surface area contributed by atoms with E-state index in [4.69, 9.17) is 5.11 Å². The first-order chi connectivity index (χ1) is 7.81. The van der Waals surface area contributed by atoms with Crippen LogP contribution in [0.1, 0.15) is 32.3 Å². The molecule has 1 aromatic rings. The molecule has 0 radical (unpaired) electrons. The molecule has 17 heavy (non-hydrogen) atoms. The summed E-state index contributed by atoms with van der Waals surface area (Å²) >= 11 is 0. The Morgan fingerprint density at radius 2 is 1.94 bits per heavy atom. The number of hydrogen-bond donors (Lipinski definition) is 1. The van der Waals surface area contributed by atoms with Gasteiger partial charge in [-0.25, -0.2) is 8.42 Å². The molecule has 0 saturated carbocycles. The molecule has 0 bridgehead atoms. The summed E-state index contributed by atoms with van der Waals surface area (Å²) in [7, 11) is -3.34. The molecule has 0 saturated heterocycles. The lowest BCUT2D eigenvalue weighted by Gasteiger charge is -2.24. The summed E-state index contributed by atoms with van der Waals surface area (Å²) in [5.74, 6) is 0. The number of aryl methyl sites for hydroxylation is 1. The third-order valence-corrected chi connectivity index (χ3v) is 5.50. The number of rotatable bonds is 5. The Hall–Kier alpha value is -0.870. The SMILES string of the molecule is Cc1cccc(S(=O)(=O)C(C)(C)CCCO)c1. The second-order valence-electron chi connectivity index (χ2n) is 4.91. The van der Waals surface area contributed by atoms with Crippen LogP contribution in [-0.2, 0) is 9.84 Å². The van der Waals surface area contributed by atoms with E-state index >= 15 is 0 Å². The van der Waals surface area contributed by atoms with Crippen molar-refractivity contribution in [2.75, 3.05) is 6.61 Å². The van der Waals surface area contributed by atoms with E-state index in [1.54, 1.807) is 32.0 Å². The van der Waals surface area contributed by atoms with Crippen molar-refractivity contribution in [3.05, 3.63) is 29.8 Å². The topological polar surface area (TPSA) is 54.4 Å². The molecule has 0 heterocycles. The van der Waals surface area contributed by atoms with Gasteiger partial charge >= 0.3 is 0 Å². The van der Waals surface area contributed by atoms with Crippen molar-refractivity contribution < 1.29 is 13.5 Å². The van der Waals surface area contributed by atoms with Crippen LogP contribution in [0.2, 0.25) is 0 Å². The van der Waals surface area contributed by atoms with E-state index in [0.717, 1.165) is 5.56 Å². The van der Waals surface area contributed by atoms with Crippen molar-refractivity contribution in [2.24, 2.45) is 0 Å². The van der Waals surface area contributed by atoms with Gasteiger partial charge in [-0.15, -0.1) is 0 Å². The summed E-state index contributed by atoms with van der Waals surface area (Å²) in [5.41, 5.74) is 0.934. The average molecular weight is 256 g/mol. The Bertz CT molecular complexity index is 475. The average Bonchev–Trinajstić information content (AvgIpc) is 2.26. The molecule has 0 fully saturated rings. The Morgan fingerprint density at radius 3 is 2.47 bits per heavy atom. The monoisotopic (exact) mass is 256 g/mol. The Labute approximate surface area is 103 Å². The summed E-state index contributed by atoms with van der Waals surface area (Å²) in [6.07, 6.45) is 0.956. The van der Waals surface area contributed by atoms with Crippen LogP contribution in [0.15, 0.2) is 29.2 Å². The number of sulfone groups is 1. The molecule has 0 unspecified atom stereocenters. The molecule has 0 atom stereocenters. The molecule has 0 amide bonds. The van der Waals surface area contributed by atoms with Gasteiger partial charge in [0.25, 0.3) is 0 Å². The highest BCUT2D eigenvalue weighted by Crippen LogP contribution is 2.29. The smallest absolute Gasteiger partial charge is 0.183 e. The van der Waals surface area contributed by atoms with Gasteiger partial charge < -0.3 is 5.11 Å². The van der Waals surface area contributed by atoms with Crippen LogP contribution in [0, 0.1) is 6.92 Å². The second kappa shape index (κ2) is 5.19. The van der Waals surface area contributed by atoms with Crippen molar-refractivity contribution >= 4 is 9.84 Å². The lowest BCUT2D eigenvalue weighted by atomic mass is 10.1. The minimum atomic E-state index is -3.34. The highest BCUT2D eigenvalue weighted by molar-refractivity contribution is 7.92. The van der Waals surface area contributed by atoms with Crippen molar-refractivity contribution in [3.8, 4) is 0 Å². The molecule has 0 aliphatic heterocycles. The van der Waals surface area contributed by atoms with Gasteiger partial charge in [0.1, 0.15) is 0 Å². The minimum Gasteiger partial charge on any atom is -0.396 e. The molecule has 1 rings (SSSR count). The number of benzene rings is 1. The highest BCUT2D eigenvalue weighted by atomic mass is 32.2. The predicted molar refractivity (Wildman–Crippen MR) is 68.8 cm³/mol. The van der Waals surface area contributed by atoms with Gasteiger partial charge in [-0.3, -0.25) is 0 Å². The van der Waals surface area contributed by atoms with Gasteiger partial charge in [0.05, 0.1) is 9.64 Å². The third-order valence-electron chi connectivity index (χ3n) is 2.96. The van der Waals surface area contributed by atoms with Gasteiger partial charge in [0.15, 0.2) is 9.84 Å². The van der Waals surface area contributed by atoms with E-state index in [9.17, 15) is 8.42 Å². The van der Waals surface area contributed by atoms with Crippen molar-refractivity contribution in [2.45, 2.75) is 43.3 Å². The maximum atomic E-state index is 12.4. The molecule has 1 N–H and O–H groups in total.